The number of ketones is 1. The molecule has 1 aliphatic carbocycles. The van der Waals surface area contributed by atoms with Crippen molar-refractivity contribution in [2.45, 2.75) is 36.9 Å². The number of hydrogen-bond donors (Lipinski definition) is 2. The van der Waals surface area contributed by atoms with Crippen LogP contribution in [0, 0.1) is 16.7 Å². The number of nitriles is 1. The first kappa shape index (κ1) is 30.8. The van der Waals surface area contributed by atoms with E-state index in [1.807, 2.05) is 26.0 Å². The van der Waals surface area contributed by atoms with Crippen LogP contribution in [0.5, 0.6) is 5.75 Å². The van der Waals surface area contributed by atoms with Gasteiger partial charge in [0.15, 0.2) is 10.1 Å². The summed E-state index contributed by atoms with van der Waals surface area (Å²) in [5.41, 5.74) is 9.53. The molecule has 1 aromatic heterocycles. The average molecular weight is 631 g/mol. The molecule has 0 radical (unpaired) electrons. The number of amides is 1. The fourth-order valence-corrected chi connectivity index (χ4v) is 7.02. The summed E-state index contributed by atoms with van der Waals surface area (Å²) < 4.78 is 10.5. The zero-order chi connectivity index (χ0) is 31.6. The van der Waals surface area contributed by atoms with Gasteiger partial charge in [-0.3, -0.25) is 14.5 Å². The van der Waals surface area contributed by atoms with Gasteiger partial charge < -0.3 is 20.5 Å². The highest BCUT2D eigenvalue weighted by atomic mass is 32.2. The Morgan fingerprint density at radius 1 is 1.14 bits per heavy atom. The van der Waals surface area contributed by atoms with Gasteiger partial charge in [-0.25, -0.2) is 4.79 Å². The fraction of sp³-hybridized carbons (Fsp3) is 0.290. The Bertz CT molecular complexity index is 1720. The van der Waals surface area contributed by atoms with Crippen LogP contribution in [0.3, 0.4) is 0 Å². The minimum Gasteiger partial charge on any atom is -0.497 e. The van der Waals surface area contributed by atoms with Crippen molar-refractivity contribution in [3.05, 3.63) is 82.3 Å². The average Bonchev–Trinajstić information content (AvgIpc) is 3.47. The predicted molar refractivity (Wildman–Crippen MR) is 167 cm³/mol. The maximum Gasteiger partial charge on any atom is 0.337 e. The molecule has 1 amide bonds. The maximum absolute atomic E-state index is 13.7. The van der Waals surface area contributed by atoms with Gasteiger partial charge >= 0.3 is 5.97 Å². The highest BCUT2D eigenvalue weighted by Gasteiger charge is 2.45. The first-order valence-corrected chi connectivity index (χ1v) is 15.4. The van der Waals surface area contributed by atoms with Gasteiger partial charge in [0, 0.05) is 23.4 Å². The molecule has 226 valence electrons. The van der Waals surface area contributed by atoms with E-state index in [1.54, 1.807) is 48.4 Å². The van der Waals surface area contributed by atoms with Crippen molar-refractivity contribution in [2.24, 2.45) is 11.1 Å². The number of thioether (sulfide) groups is 1. The molecule has 2 aromatic carbocycles. The lowest BCUT2D eigenvalue weighted by atomic mass is 9.68. The highest BCUT2D eigenvalue weighted by molar-refractivity contribution is 8.01. The number of hydrogen-bond acceptors (Lipinski definition) is 12. The summed E-state index contributed by atoms with van der Waals surface area (Å²) >= 11 is 2.42. The molecular weight excluding hydrogens is 601 g/mol. The number of nitrogens with two attached hydrogens (primary N) is 1. The first-order valence-electron chi connectivity index (χ1n) is 13.6. The molecule has 2 aliphatic rings. The third-order valence-corrected chi connectivity index (χ3v) is 9.38. The SMILES string of the molecule is COC(=O)c1ccc(NC(=O)CSc2nnc(N3C(N)=C(C#N)C(c4ccc(OC)cc4)C4=C3CC(C)(C)CC4=O)s2)cc1. The van der Waals surface area contributed by atoms with Gasteiger partial charge in [-0.2, -0.15) is 5.26 Å². The summed E-state index contributed by atoms with van der Waals surface area (Å²) in [7, 11) is 2.88. The number of allylic oxidation sites excluding steroid dienone is 3. The van der Waals surface area contributed by atoms with Gasteiger partial charge in [0.05, 0.1) is 43.1 Å². The van der Waals surface area contributed by atoms with E-state index >= 15 is 0 Å². The van der Waals surface area contributed by atoms with Crippen molar-refractivity contribution in [3.8, 4) is 11.8 Å². The van der Waals surface area contributed by atoms with E-state index < -0.39 is 11.9 Å². The molecule has 5 rings (SSSR count). The van der Waals surface area contributed by atoms with E-state index in [0.717, 1.165) is 5.56 Å². The third-order valence-electron chi connectivity index (χ3n) is 7.33. The van der Waals surface area contributed by atoms with Gasteiger partial charge in [-0.15, -0.1) is 10.2 Å². The number of esters is 1. The molecule has 0 saturated heterocycles. The normalized spacial score (nSPS) is 17.6. The number of aromatic nitrogens is 2. The number of anilines is 2. The Morgan fingerprint density at radius 3 is 2.48 bits per heavy atom. The lowest BCUT2D eigenvalue weighted by molar-refractivity contribution is -0.118. The van der Waals surface area contributed by atoms with Crippen LogP contribution < -0.4 is 20.7 Å². The van der Waals surface area contributed by atoms with E-state index in [0.29, 0.717) is 50.6 Å². The molecule has 0 spiro atoms. The van der Waals surface area contributed by atoms with E-state index in [4.69, 9.17) is 15.2 Å². The topological polar surface area (TPSA) is 161 Å². The van der Waals surface area contributed by atoms with E-state index in [2.05, 4.69) is 21.6 Å². The number of benzene rings is 2. The quantitative estimate of drug-likeness (QED) is 0.254. The lowest BCUT2D eigenvalue weighted by Crippen LogP contribution is -2.42. The number of carbonyl (C=O) groups is 3. The van der Waals surface area contributed by atoms with Crippen molar-refractivity contribution in [1.82, 2.24) is 10.2 Å². The Labute approximate surface area is 262 Å². The Hall–Kier alpha value is -4.67. The van der Waals surface area contributed by atoms with Crippen LogP contribution in [0.15, 0.2) is 75.5 Å². The standard InChI is InChI=1S/C31H30N6O5S2/c1-31(2)13-22-26(23(38)14-31)25(17-7-11-20(41-3)12-8-17)21(15-32)27(33)37(22)29-35-36-30(44-29)43-16-24(39)34-19-9-5-18(6-10-19)28(40)42-4/h5-12,25H,13-14,16,33H2,1-4H3,(H,34,39). The number of methoxy groups -OCH3 is 2. The summed E-state index contributed by atoms with van der Waals surface area (Å²) in [5, 5.41) is 22.1. The van der Waals surface area contributed by atoms with Crippen LogP contribution >= 0.6 is 23.1 Å². The van der Waals surface area contributed by atoms with Crippen LogP contribution in [-0.4, -0.2) is 47.8 Å². The molecular formula is C31H30N6O5S2. The summed E-state index contributed by atoms with van der Waals surface area (Å²) in [5.74, 6) is -0.480. The van der Waals surface area contributed by atoms with E-state index in [-0.39, 0.29) is 34.3 Å². The molecule has 0 fully saturated rings. The van der Waals surface area contributed by atoms with Crippen molar-refractivity contribution >= 4 is 51.6 Å². The largest absolute Gasteiger partial charge is 0.497 e. The number of carbonyl (C=O) groups excluding carboxylic acids is 3. The number of nitrogens with zero attached hydrogens (tertiary/aromatic N) is 4. The summed E-state index contributed by atoms with van der Waals surface area (Å²) in [4.78, 5) is 39.6. The highest BCUT2D eigenvalue weighted by Crippen LogP contribution is 2.50. The van der Waals surface area contributed by atoms with Crippen molar-refractivity contribution in [3.63, 3.8) is 0 Å². The zero-order valence-corrected chi connectivity index (χ0v) is 26.2. The molecule has 3 N–H and O–H groups in total. The van der Waals surface area contributed by atoms with Gasteiger partial charge in [-0.1, -0.05) is 49.1 Å². The monoisotopic (exact) mass is 630 g/mol. The van der Waals surface area contributed by atoms with Crippen LogP contribution in [0.4, 0.5) is 10.8 Å². The van der Waals surface area contributed by atoms with Crippen molar-refractivity contribution in [1.29, 1.82) is 5.26 Å². The van der Waals surface area contributed by atoms with E-state index in [1.165, 1.54) is 30.2 Å². The molecule has 0 bridgehead atoms. The maximum atomic E-state index is 13.7. The molecule has 1 atom stereocenters. The van der Waals surface area contributed by atoms with Crippen LogP contribution in [-0.2, 0) is 14.3 Å². The second-order valence-corrected chi connectivity index (χ2v) is 13.2. The first-order chi connectivity index (χ1) is 21.0. The molecule has 1 unspecified atom stereocenters. The lowest BCUT2D eigenvalue weighted by Gasteiger charge is -2.42. The number of rotatable bonds is 8. The van der Waals surface area contributed by atoms with Crippen LogP contribution in [0.25, 0.3) is 0 Å². The number of nitrogens with one attached hydrogen (secondary N) is 1. The summed E-state index contributed by atoms with van der Waals surface area (Å²) in [6.07, 6.45) is 0.877. The second-order valence-electron chi connectivity index (χ2n) is 11.0. The molecule has 2 heterocycles. The number of Topliss-reactive ketones (excluding diaryl/α,β-unsaturated/α-hetero) is 1. The molecule has 0 saturated carbocycles. The third kappa shape index (κ3) is 6.17. The predicted octanol–water partition coefficient (Wildman–Crippen LogP) is 5.00. The molecule has 11 nitrogen and oxygen atoms in total. The molecule has 1 aliphatic heterocycles. The summed E-state index contributed by atoms with van der Waals surface area (Å²) in [6, 6.07) is 15.9. The Kier molecular flexibility index (Phi) is 8.75. The molecule has 13 heteroatoms. The van der Waals surface area contributed by atoms with Gasteiger partial charge in [0.25, 0.3) is 0 Å². The number of ether oxygens (including phenoxy) is 2. The zero-order valence-electron chi connectivity index (χ0n) is 24.5. The van der Waals surface area contributed by atoms with Crippen LogP contribution in [0.1, 0.15) is 48.5 Å². The Balaban J connectivity index is 1.40. The smallest absolute Gasteiger partial charge is 0.337 e. The van der Waals surface area contributed by atoms with Crippen molar-refractivity contribution in [2.75, 3.05) is 30.2 Å². The van der Waals surface area contributed by atoms with Gasteiger partial charge in [0.2, 0.25) is 11.0 Å². The van der Waals surface area contributed by atoms with E-state index in [9.17, 15) is 19.6 Å². The molecule has 44 heavy (non-hydrogen) atoms. The minimum atomic E-state index is -0.618. The summed E-state index contributed by atoms with van der Waals surface area (Å²) in [6.45, 7) is 4.05. The van der Waals surface area contributed by atoms with Crippen LogP contribution in [0.2, 0.25) is 0 Å². The minimum absolute atomic E-state index is 0.0438. The molecule has 3 aromatic rings. The van der Waals surface area contributed by atoms with Gasteiger partial charge in [-0.05, 0) is 53.8 Å². The second kappa shape index (κ2) is 12.5. The Morgan fingerprint density at radius 2 is 1.84 bits per heavy atom. The van der Waals surface area contributed by atoms with Crippen molar-refractivity contribution < 1.29 is 23.9 Å². The van der Waals surface area contributed by atoms with Gasteiger partial charge in [0.1, 0.15) is 11.6 Å². The fourth-order valence-electron chi connectivity index (χ4n) is 5.34.